The Morgan fingerprint density at radius 1 is 1.27 bits per heavy atom. The fourth-order valence-corrected chi connectivity index (χ4v) is 5.43. The monoisotopic (exact) mass is 204 g/mol. The molecule has 0 aliphatic heterocycles. The van der Waals surface area contributed by atoms with Crippen molar-refractivity contribution in [2.45, 2.75) is 53.4 Å². The summed E-state index contributed by atoms with van der Waals surface area (Å²) in [7, 11) is 0. The van der Waals surface area contributed by atoms with Gasteiger partial charge in [-0.3, -0.25) is 0 Å². The van der Waals surface area contributed by atoms with E-state index in [2.05, 4.69) is 33.8 Å². The van der Waals surface area contributed by atoms with Crippen molar-refractivity contribution in [3.8, 4) is 0 Å². The molecular weight excluding hydrogens is 180 g/mol. The summed E-state index contributed by atoms with van der Waals surface area (Å²) in [6, 6.07) is 0. The molecule has 1 spiro atoms. The molecule has 0 heterocycles. The standard InChI is InChI=1S/C15H24/c1-10-7-8-15-11(2)5-6-12(15)14(3,4)13(15)9-10/h9,11-13H,5-8H2,1-4H3/t11-,12+,13+,15+/m0/s1. The third-order valence-corrected chi connectivity index (χ3v) is 6.14. The van der Waals surface area contributed by atoms with Crippen LogP contribution in [0, 0.1) is 28.6 Å². The smallest absolute Gasteiger partial charge is 0.0115 e. The third-order valence-electron chi connectivity index (χ3n) is 6.14. The highest BCUT2D eigenvalue weighted by Crippen LogP contribution is 2.75. The molecule has 0 aromatic rings. The largest absolute Gasteiger partial charge is 0.0814 e. The molecule has 3 aliphatic carbocycles. The fraction of sp³-hybridized carbons (Fsp3) is 0.867. The normalized spacial score (nSPS) is 51.5. The van der Waals surface area contributed by atoms with Crippen LogP contribution in [0.15, 0.2) is 11.6 Å². The summed E-state index contributed by atoms with van der Waals surface area (Å²) < 4.78 is 0. The van der Waals surface area contributed by atoms with Gasteiger partial charge in [0.15, 0.2) is 0 Å². The van der Waals surface area contributed by atoms with Gasteiger partial charge in [-0.2, -0.15) is 0 Å². The molecule has 2 saturated carbocycles. The summed E-state index contributed by atoms with van der Waals surface area (Å²) in [5, 5.41) is 0. The minimum atomic E-state index is 0.590. The van der Waals surface area contributed by atoms with Crippen LogP contribution in [0.1, 0.15) is 53.4 Å². The zero-order chi connectivity index (χ0) is 10.8. The van der Waals surface area contributed by atoms with Gasteiger partial charge in [-0.15, -0.1) is 0 Å². The first kappa shape index (κ1) is 9.93. The topological polar surface area (TPSA) is 0 Å². The average molecular weight is 204 g/mol. The van der Waals surface area contributed by atoms with E-state index in [1.54, 1.807) is 5.57 Å². The van der Waals surface area contributed by atoms with Crippen LogP contribution in [-0.4, -0.2) is 0 Å². The molecule has 84 valence electrons. The minimum Gasteiger partial charge on any atom is -0.0814 e. The molecular formula is C15H24. The lowest BCUT2D eigenvalue weighted by Gasteiger charge is -2.67. The molecule has 0 radical (unpaired) electrons. The van der Waals surface area contributed by atoms with Gasteiger partial charge in [0, 0.05) is 0 Å². The van der Waals surface area contributed by atoms with Crippen molar-refractivity contribution in [2.75, 3.05) is 0 Å². The second kappa shape index (κ2) is 2.70. The minimum absolute atomic E-state index is 0.590. The van der Waals surface area contributed by atoms with Crippen LogP contribution in [0.3, 0.4) is 0 Å². The molecule has 0 nitrogen and oxygen atoms in total. The van der Waals surface area contributed by atoms with Gasteiger partial charge in [0.2, 0.25) is 0 Å². The Labute approximate surface area is 94.1 Å². The van der Waals surface area contributed by atoms with E-state index in [-0.39, 0.29) is 0 Å². The van der Waals surface area contributed by atoms with E-state index in [1.807, 2.05) is 0 Å². The Hall–Kier alpha value is -0.260. The Balaban J connectivity index is 2.05. The van der Waals surface area contributed by atoms with E-state index in [1.165, 1.54) is 25.7 Å². The Morgan fingerprint density at radius 2 is 2.00 bits per heavy atom. The van der Waals surface area contributed by atoms with Crippen LogP contribution in [0.5, 0.6) is 0 Å². The van der Waals surface area contributed by atoms with Gasteiger partial charge in [0.25, 0.3) is 0 Å². The van der Waals surface area contributed by atoms with Crippen LogP contribution in [0.4, 0.5) is 0 Å². The lowest BCUT2D eigenvalue weighted by Crippen LogP contribution is -2.61. The van der Waals surface area contributed by atoms with Crippen LogP contribution >= 0.6 is 0 Å². The van der Waals surface area contributed by atoms with E-state index in [0.717, 1.165) is 23.2 Å². The van der Waals surface area contributed by atoms with Crippen molar-refractivity contribution >= 4 is 0 Å². The maximum atomic E-state index is 2.63. The van der Waals surface area contributed by atoms with Crippen LogP contribution < -0.4 is 0 Å². The molecule has 15 heavy (non-hydrogen) atoms. The van der Waals surface area contributed by atoms with Crippen LogP contribution in [-0.2, 0) is 0 Å². The maximum Gasteiger partial charge on any atom is -0.0115 e. The van der Waals surface area contributed by atoms with Gasteiger partial charge in [-0.1, -0.05) is 32.4 Å². The highest BCUT2D eigenvalue weighted by molar-refractivity contribution is 5.27. The van der Waals surface area contributed by atoms with E-state index in [0.29, 0.717) is 5.41 Å². The summed E-state index contributed by atoms with van der Waals surface area (Å²) >= 11 is 0. The lowest BCUT2D eigenvalue weighted by molar-refractivity contribution is -0.167. The molecule has 4 atom stereocenters. The Kier molecular flexibility index (Phi) is 1.79. The van der Waals surface area contributed by atoms with Gasteiger partial charge >= 0.3 is 0 Å². The first-order valence-electron chi connectivity index (χ1n) is 6.67. The van der Waals surface area contributed by atoms with Crippen molar-refractivity contribution < 1.29 is 0 Å². The zero-order valence-electron chi connectivity index (χ0n) is 10.6. The zero-order valence-corrected chi connectivity index (χ0v) is 10.6. The second-order valence-electron chi connectivity index (χ2n) is 6.96. The van der Waals surface area contributed by atoms with E-state index >= 15 is 0 Å². The number of rotatable bonds is 0. The van der Waals surface area contributed by atoms with Crippen LogP contribution in [0.2, 0.25) is 0 Å². The summed E-state index contributed by atoms with van der Waals surface area (Å²) in [6.07, 6.45) is 8.46. The van der Waals surface area contributed by atoms with Crippen LogP contribution in [0.25, 0.3) is 0 Å². The SMILES string of the molecule is CC1=C[C@@H]2C(C)(C)[C@H]3CC[C@H](C)[C@@]23CC1. The predicted octanol–water partition coefficient (Wildman–Crippen LogP) is 4.42. The average Bonchev–Trinajstić information content (AvgIpc) is 2.47. The summed E-state index contributed by atoms with van der Waals surface area (Å²) in [5.41, 5.74) is 2.96. The van der Waals surface area contributed by atoms with Crippen molar-refractivity contribution in [2.24, 2.45) is 28.6 Å². The van der Waals surface area contributed by atoms with Crippen molar-refractivity contribution in [3.63, 3.8) is 0 Å². The van der Waals surface area contributed by atoms with Gasteiger partial charge < -0.3 is 0 Å². The van der Waals surface area contributed by atoms with Crippen molar-refractivity contribution in [1.82, 2.24) is 0 Å². The van der Waals surface area contributed by atoms with Crippen molar-refractivity contribution in [3.05, 3.63) is 11.6 Å². The predicted molar refractivity (Wildman–Crippen MR) is 64.6 cm³/mol. The number of hydrogen-bond acceptors (Lipinski definition) is 0. The first-order valence-corrected chi connectivity index (χ1v) is 6.67. The Morgan fingerprint density at radius 3 is 2.73 bits per heavy atom. The summed E-state index contributed by atoms with van der Waals surface area (Å²) in [5.74, 6) is 2.89. The maximum absolute atomic E-state index is 2.63. The van der Waals surface area contributed by atoms with Gasteiger partial charge in [0.05, 0.1) is 0 Å². The van der Waals surface area contributed by atoms with Gasteiger partial charge in [0.1, 0.15) is 0 Å². The number of allylic oxidation sites excluding steroid dienone is 2. The highest BCUT2D eigenvalue weighted by Gasteiger charge is 2.69. The molecule has 0 saturated heterocycles. The molecule has 3 rings (SSSR count). The van der Waals surface area contributed by atoms with Gasteiger partial charge in [-0.25, -0.2) is 0 Å². The fourth-order valence-electron chi connectivity index (χ4n) is 5.43. The molecule has 0 amide bonds. The molecule has 0 N–H and O–H groups in total. The van der Waals surface area contributed by atoms with Crippen molar-refractivity contribution in [1.29, 1.82) is 0 Å². The van der Waals surface area contributed by atoms with E-state index in [9.17, 15) is 0 Å². The molecule has 3 aliphatic rings. The van der Waals surface area contributed by atoms with Gasteiger partial charge in [-0.05, 0) is 61.2 Å². The highest BCUT2D eigenvalue weighted by atomic mass is 14.7. The third kappa shape index (κ3) is 0.946. The summed E-state index contributed by atoms with van der Waals surface area (Å²) in [4.78, 5) is 0. The molecule has 0 unspecified atom stereocenters. The van der Waals surface area contributed by atoms with E-state index < -0.39 is 0 Å². The Bertz CT molecular complexity index is 323. The molecule has 0 bridgehead atoms. The molecule has 0 aromatic heterocycles. The second-order valence-corrected chi connectivity index (χ2v) is 6.96. The first-order chi connectivity index (χ1) is 6.99. The van der Waals surface area contributed by atoms with E-state index in [4.69, 9.17) is 0 Å². The molecule has 2 fully saturated rings. The molecule has 0 heteroatoms. The molecule has 0 aromatic carbocycles. The lowest BCUT2D eigenvalue weighted by atomic mass is 9.37. The summed E-state index contributed by atoms with van der Waals surface area (Å²) in [6.45, 7) is 9.86. The quantitative estimate of drug-likeness (QED) is 0.513. The number of hydrogen-bond donors (Lipinski definition) is 0.